The lowest BCUT2D eigenvalue weighted by Crippen LogP contribution is -2.80. The van der Waals surface area contributed by atoms with Crippen LogP contribution in [0.25, 0.3) is 0 Å². The summed E-state index contributed by atoms with van der Waals surface area (Å²) in [6.07, 6.45) is 0.798. The van der Waals surface area contributed by atoms with Crippen LogP contribution < -0.4 is 11.1 Å². The maximum Gasteiger partial charge on any atom is 0.246 e. The molecule has 2 aliphatic heterocycles. The standard InChI is InChI=1S/C11H19N3O3/c1-6(15)8(9(12)16)14-7(2)11(10(14)17)4-3-5-13-11/h6-8,13,15H,3-5H2,1-2H3,(H2,12,16)/t6-,7?,8?,11?/m1/s1. The van der Waals surface area contributed by atoms with Crippen molar-refractivity contribution in [1.29, 1.82) is 0 Å². The number of rotatable bonds is 3. The van der Waals surface area contributed by atoms with E-state index in [0.29, 0.717) is 0 Å². The van der Waals surface area contributed by atoms with Crippen molar-refractivity contribution >= 4 is 11.8 Å². The number of amides is 2. The zero-order valence-electron chi connectivity index (χ0n) is 10.1. The summed E-state index contributed by atoms with van der Waals surface area (Å²) in [5, 5.41) is 12.8. The SMILES string of the molecule is CC1N(C(C(N)=O)[C@@H](C)O)C(=O)C12CCCN2. The zero-order chi connectivity index (χ0) is 12.8. The van der Waals surface area contributed by atoms with E-state index in [9.17, 15) is 14.7 Å². The third-order valence-corrected chi connectivity index (χ3v) is 3.98. The van der Waals surface area contributed by atoms with E-state index >= 15 is 0 Å². The molecule has 3 unspecified atom stereocenters. The van der Waals surface area contributed by atoms with Crippen LogP contribution in [-0.4, -0.2) is 52.1 Å². The van der Waals surface area contributed by atoms with E-state index in [0.717, 1.165) is 19.4 Å². The van der Waals surface area contributed by atoms with Gasteiger partial charge in [-0.3, -0.25) is 9.59 Å². The van der Waals surface area contributed by atoms with Crippen molar-refractivity contribution in [2.45, 2.75) is 50.4 Å². The van der Waals surface area contributed by atoms with E-state index < -0.39 is 23.6 Å². The molecule has 0 aromatic heterocycles. The van der Waals surface area contributed by atoms with Crippen LogP contribution in [0.3, 0.4) is 0 Å². The quantitative estimate of drug-likeness (QED) is 0.528. The zero-order valence-corrected chi connectivity index (χ0v) is 10.1. The number of aliphatic hydroxyl groups excluding tert-OH is 1. The number of aliphatic hydroxyl groups is 1. The van der Waals surface area contributed by atoms with Gasteiger partial charge in [0.25, 0.3) is 0 Å². The van der Waals surface area contributed by atoms with Crippen molar-refractivity contribution in [3.8, 4) is 0 Å². The summed E-state index contributed by atoms with van der Waals surface area (Å²) in [7, 11) is 0. The highest BCUT2D eigenvalue weighted by atomic mass is 16.3. The lowest BCUT2D eigenvalue weighted by atomic mass is 9.76. The van der Waals surface area contributed by atoms with E-state index in [1.807, 2.05) is 6.92 Å². The summed E-state index contributed by atoms with van der Waals surface area (Å²) >= 11 is 0. The first kappa shape index (κ1) is 12.3. The van der Waals surface area contributed by atoms with Crippen molar-refractivity contribution in [1.82, 2.24) is 10.2 Å². The number of primary amides is 1. The first-order valence-corrected chi connectivity index (χ1v) is 5.97. The average molecular weight is 241 g/mol. The van der Waals surface area contributed by atoms with Crippen LogP contribution in [-0.2, 0) is 9.59 Å². The Morgan fingerprint density at radius 2 is 2.35 bits per heavy atom. The van der Waals surface area contributed by atoms with Gasteiger partial charge in [-0.1, -0.05) is 0 Å². The number of β-lactam (4-membered cyclic amide) rings is 1. The molecule has 17 heavy (non-hydrogen) atoms. The minimum atomic E-state index is -0.947. The maximum atomic E-state index is 12.2. The predicted molar refractivity (Wildman–Crippen MR) is 60.9 cm³/mol. The largest absolute Gasteiger partial charge is 0.391 e. The molecule has 96 valence electrons. The first-order chi connectivity index (χ1) is 7.92. The Hall–Kier alpha value is -1.14. The Bertz CT molecular complexity index is 350. The van der Waals surface area contributed by atoms with Crippen LogP contribution in [0.15, 0.2) is 0 Å². The van der Waals surface area contributed by atoms with Crippen molar-refractivity contribution in [2.75, 3.05) is 6.54 Å². The first-order valence-electron chi connectivity index (χ1n) is 5.97. The lowest BCUT2D eigenvalue weighted by molar-refractivity contribution is -0.172. The predicted octanol–water partition coefficient (Wildman–Crippen LogP) is -1.43. The Morgan fingerprint density at radius 1 is 1.71 bits per heavy atom. The molecule has 6 heteroatoms. The molecule has 0 aromatic rings. The minimum absolute atomic E-state index is 0.107. The fraction of sp³-hybridized carbons (Fsp3) is 0.818. The summed E-state index contributed by atoms with van der Waals surface area (Å²) < 4.78 is 0. The van der Waals surface area contributed by atoms with E-state index in [1.54, 1.807) is 0 Å². The topological polar surface area (TPSA) is 95.7 Å². The number of likely N-dealkylation sites (tertiary alicyclic amines) is 1. The molecule has 2 amide bonds. The molecule has 0 radical (unpaired) electrons. The van der Waals surface area contributed by atoms with Gasteiger partial charge in [0.2, 0.25) is 11.8 Å². The number of carbonyl (C=O) groups is 2. The van der Waals surface area contributed by atoms with Gasteiger partial charge in [-0.05, 0) is 33.2 Å². The van der Waals surface area contributed by atoms with Crippen molar-refractivity contribution in [2.24, 2.45) is 5.73 Å². The van der Waals surface area contributed by atoms with Gasteiger partial charge in [0, 0.05) is 0 Å². The molecule has 0 saturated carbocycles. The molecule has 1 spiro atoms. The molecule has 2 rings (SSSR count). The molecule has 0 aromatic carbocycles. The van der Waals surface area contributed by atoms with Crippen molar-refractivity contribution < 1.29 is 14.7 Å². The molecule has 0 aliphatic carbocycles. The van der Waals surface area contributed by atoms with E-state index in [4.69, 9.17) is 5.73 Å². The molecule has 2 saturated heterocycles. The second-order valence-electron chi connectivity index (χ2n) is 4.98. The summed E-state index contributed by atoms with van der Waals surface area (Å²) in [5.41, 5.74) is 4.72. The van der Waals surface area contributed by atoms with E-state index in [-0.39, 0.29) is 11.9 Å². The average Bonchev–Trinajstić information content (AvgIpc) is 2.74. The fourth-order valence-corrected chi connectivity index (χ4v) is 3.04. The fourth-order valence-electron chi connectivity index (χ4n) is 3.04. The normalized spacial score (nSPS) is 35.8. The minimum Gasteiger partial charge on any atom is -0.391 e. The smallest absolute Gasteiger partial charge is 0.246 e. The van der Waals surface area contributed by atoms with Crippen LogP contribution in [0.5, 0.6) is 0 Å². The van der Waals surface area contributed by atoms with Crippen LogP contribution in [0.4, 0.5) is 0 Å². The highest BCUT2D eigenvalue weighted by Gasteiger charge is 2.62. The third kappa shape index (κ3) is 1.55. The van der Waals surface area contributed by atoms with Crippen molar-refractivity contribution in [3.05, 3.63) is 0 Å². The maximum absolute atomic E-state index is 12.2. The molecule has 4 atom stereocenters. The molecule has 2 fully saturated rings. The van der Waals surface area contributed by atoms with Gasteiger partial charge in [-0.15, -0.1) is 0 Å². The van der Waals surface area contributed by atoms with Gasteiger partial charge in [-0.25, -0.2) is 0 Å². The summed E-state index contributed by atoms with van der Waals surface area (Å²) in [6.45, 7) is 4.18. The Morgan fingerprint density at radius 3 is 2.71 bits per heavy atom. The molecule has 4 N–H and O–H groups in total. The lowest BCUT2D eigenvalue weighted by Gasteiger charge is -2.56. The number of nitrogens with two attached hydrogens (primary N) is 1. The van der Waals surface area contributed by atoms with Gasteiger partial charge in [0.15, 0.2) is 0 Å². The second kappa shape index (κ2) is 3.96. The Kier molecular flexibility index (Phi) is 2.87. The summed E-state index contributed by atoms with van der Waals surface area (Å²) in [4.78, 5) is 24.9. The van der Waals surface area contributed by atoms with Gasteiger partial charge in [0.1, 0.15) is 11.6 Å². The summed E-state index contributed by atoms with van der Waals surface area (Å²) in [6, 6.07) is -1.03. The number of hydrogen-bond acceptors (Lipinski definition) is 4. The van der Waals surface area contributed by atoms with Gasteiger partial charge >= 0.3 is 0 Å². The molecular formula is C11H19N3O3. The van der Waals surface area contributed by atoms with Crippen LogP contribution in [0.1, 0.15) is 26.7 Å². The molecule has 6 nitrogen and oxygen atoms in total. The molecule has 2 aliphatic rings. The number of hydrogen-bond donors (Lipinski definition) is 3. The molecular weight excluding hydrogens is 222 g/mol. The second-order valence-corrected chi connectivity index (χ2v) is 4.98. The van der Waals surface area contributed by atoms with Crippen LogP contribution >= 0.6 is 0 Å². The van der Waals surface area contributed by atoms with Crippen LogP contribution in [0, 0.1) is 0 Å². The third-order valence-electron chi connectivity index (χ3n) is 3.98. The van der Waals surface area contributed by atoms with Gasteiger partial charge in [0.05, 0.1) is 12.1 Å². The monoisotopic (exact) mass is 241 g/mol. The molecule has 0 bridgehead atoms. The Labute approximate surface area is 100 Å². The highest BCUT2D eigenvalue weighted by molar-refractivity contribution is 5.98. The van der Waals surface area contributed by atoms with Crippen molar-refractivity contribution in [3.63, 3.8) is 0 Å². The molecule has 2 heterocycles. The highest BCUT2D eigenvalue weighted by Crippen LogP contribution is 2.39. The van der Waals surface area contributed by atoms with Crippen LogP contribution in [0.2, 0.25) is 0 Å². The van der Waals surface area contributed by atoms with Gasteiger partial charge in [-0.2, -0.15) is 0 Å². The number of carbonyl (C=O) groups excluding carboxylic acids is 2. The number of nitrogens with zero attached hydrogens (tertiary/aromatic N) is 1. The van der Waals surface area contributed by atoms with E-state index in [2.05, 4.69) is 5.32 Å². The van der Waals surface area contributed by atoms with Gasteiger partial charge < -0.3 is 21.1 Å². The summed E-state index contributed by atoms with van der Waals surface area (Å²) in [5.74, 6) is -0.778. The van der Waals surface area contributed by atoms with E-state index in [1.165, 1.54) is 11.8 Å². The Balaban J connectivity index is 2.20. The number of nitrogens with one attached hydrogen (secondary N) is 1.